The zero-order chi connectivity index (χ0) is 13.7. The minimum atomic E-state index is 0.0138. The lowest BCUT2D eigenvalue weighted by Crippen LogP contribution is -2.37. The van der Waals surface area contributed by atoms with Crippen LogP contribution in [0.1, 0.15) is 36.2 Å². The summed E-state index contributed by atoms with van der Waals surface area (Å²) in [6.07, 6.45) is 1.39. The molecule has 1 rings (SSSR count). The van der Waals surface area contributed by atoms with Crippen LogP contribution in [-0.2, 0) is 6.42 Å². The Kier molecular flexibility index (Phi) is 5.28. The second-order valence-electron chi connectivity index (χ2n) is 4.45. The topological polar surface area (TPSA) is 46.3 Å². The highest BCUT2D eigenvalue weighted by atomic mass is 32.1. The van der Waals surface area contributed by atoms with E-state index in [2.05, 4.69) is 0 Å². The first-order valence-corrected chi connectivity index (χ1v) is 6.51. The summed E-state index contributed by atoms with van der Waals surface area (Å²) in [7, 11) is 1.79. The van der Waals surface area contributed by atoms with E-state index in [1.165, 1.54) is 0 Å². The highest BCUT2D eigenvalue weighted by Crippen LogP contribution is 2.14. The minimum Gasteiger partial charge on any atom is -0.393 e. The van der Waals surface area contributed by atoms with E-state index in [9.17, 15) is 4.79 Å². The molecule has 0 saturated heterocycles. The van der Waals surface area contributed by atoms with Gasteiger partial charge < -0.3 is 10.6 Å². The molecule has 0 aromatic heterocycles. The zero-order valence-electron chi connectivity index (χ0n) is 11.1. The van der Waals surface area contributed by atoms with Gasteiger partial charge in [-0.05, 0) is 25.0 Å². The van der Waals surface area contributed by atoms with Crippen LogP contribution in [0.25, 0.3) is 0 Å². The Labute approximate surface area is 114 Å². The van der Waals surface area contributed by atoms with E-state index >= 15 is 0 Å². The normalized spacial score (nSPS) is 11.9. The van der Waals surface area contributed by atoms with Crippen molar-refractivity contribution in [3.8, 4) is 0 Å². The molecule has 0 fully saturated rings. The first-order chi connectivity index (χ1) is 8.47. The summed E-state index contributed by atoms with van der Waals surface area (Å²) in [4.78, 5) is 14.5. The van der Waals surface area contributed by atoms with Crippen molar-refractivity contribution >= 4 is 23.1 Å². The number of hydrogen-bond acceptors (Lipinski definition) is 2. The summed E-state index contributed by atoms with van der Waals surface area (Å²) in [5, 5.41) is 0. The molecule has 0 radical (unpaired) electrons. The lowest BCUT2D eigenvalue weighted by molar-refractivity contribution is 0.0747. The third kappa shape index (κ3) is 3.53. The molecule has 4 heteroatoms. The Hall–Kier alpha value is -1.42. The van der Waals surface area contributed by atoms with Crippen molar-refractivity contribution in [1.82, 2.24) is 4.90 Å². The number of rotatable bonds is 5. The Bertz CT molecular complexity index is 445. The number of carbonyl (C=O) groups excluding carboxylic acids is 1. The average molecular weight is 264 g/mol. The van der Waals surface area contributed by atoms with Gasteiger partial charge in [0.05, 0.1) is 4.99 Å². The van der Waals surface area contributed by atoms with E-state index in [0.29, 0.717) is 11.4 Å². The molecule has 0 aliphatic rings. The van der Waals surface area contributed by atoms with E-state index < -0.39 is 0 Å². The van der Waals surface area contributed by atoms with Gasteiger partial charge in [-0.25, -0.2) is 0 Å². The average Bonchev–Trinajstić information content (AvgIpc) is 2.36. The lowest BCUT2D eigenvalue weighted by atomic mass is 10.0. The second kappa shape index (κ2) is 6.50. The van der Waals surface area contributed by atoms with Crippen LogP contribution in [0.5, 0.6) is 0 Å². The number of benzene rings is 1. The van der Waals surface area contributed by atoms with Gasteiger partial charge in [0, 0.05) is 25.1 Å². The molecule has 1 amide bonds. The molecule has 1 unspecified atom stereocenters. The summed E-state index contributed by atoms with van der Waals surface area (Å²) < 4.78 is 0. The molecule has 18 heavy (non-hydrogen) atoms. The van der Waals surface area contributed by atoms with Gasteiger partial charge in [0.25, 0.3) is 5.91 Å². The van der Waals surface area contributed by atoms with Crippen LogP contribution < -0.4 is 5.73 Å². The van der Waals surface area contributed by atoms with Gasteiger partial charge in [-0.15, -0.1) is 0 Å². The van der Waals surface area contributed by atoms with Crippen LogP contribution in [0, 0.1) is 0 Å². The van der Waals surface area contributed by atoms with Crippen LogP contribution in [0.2, 0.25) is 0 Å². The van der Waals surface area contributed by atoms with Crippen molar-refractivity contribution < 1.29 is 4.79 Å². The van der Waals surface area contributed by atoms with Gasteiger partial charge in [-0.2, -0.15) is 0 Å². The number of nitrogens with two attached hydrogens (primary N) is 1. The van der Waals surface area contributed by atoms with Gasteiger partial charge in [-0.1, -0.05) is 37.3 Å². The SMILES string of the molecule is CCc1ccccc1C(=O)N(C)C(C)CC(N)=S. The maximum atomic E-state index is 12.4. The maximum Gasteiger partial charge on any atom is 0.254 e. The Balaban J connectivity index is 2.89. The summed E-state index contributed by atoms with van der Waals surface area (Å²) >= 11 is 4.88. The van der Waals surface area contributed by atoms with Crippen molar-refractivity contribution in [1.29, 1.82) is 0 Å². The van der Waals surface area contributed by atoms with Gasteiger partial charge >= 0.3 is 0 Å². The first-order valence-electron chi connectivity index (χ1n) is 6.10. The van der Waals surface area contributed by atoms with Crippen LogP contribution in [0.3, 0.4) is 0 Å². The number of aryl methyl sites for hydroxylation is 1. The third-order valence-electron chi connectivity index (χ3n) is 3.11. The fraction of sp³-hybridized carbons (Fsp3) is 0.429. The molecular weight excluding hydrogens is 244 g/mol. The fourth-order valence-electron chi connectivity index (χ4n) is 1.86. The predicted molar refractivity (Wildman–Crippen MR) is 78.8 cm³/mol. The Morgan fingerprint density at radius 1 is 1.44 bits per heavy atom. The molecule has 0 saturated carbocycles. The van der Waals surface area contributed by atoms with Crippen molar-refractivity contribution in [3.05, 3.63) is 35.4 Å². The van der Waals surface area contributed by atoms with E-state index in [1.807, 2.05) is 38.1 Å². The smallest absolute Gasteiger partial charge is 0.254 e. The number of amides is 1. The third-order valence-corrected chi connectivity index (χ3v) is 3.27. The second-order valence-corrected chi connectivity index (χ2v) is 4.97. The molecular formula is C14H20N2OS. The Morgan fingerprint density at radius 2 is 2.06 bits per heavy atom. The molecule has 1 atom stereocenters. The van der Waals surface area contributed by atoms with Crippen molar-refractivity contribution in [2.75, 3.05) is 7.05 Å². The fourth-order valence-corrected chi connectivity index (χ4v) is 2.10. The van der Waals surface area contributed by atoms with Crippen LogP contribution in [0.4, 0.5) is 0 Å². The van der Waals surface area contributed by atoms with Crippen molar-refractivity contribution in [3.63, 3.8) is 0 Å². The molecule has 0 heterocycles. The molecule has 2 N–H and O–H groups in total. The van der Waals surface area contributed by atoms with Crippen LogP contribution in [-0.4, -0.2) is 28.9 Å². The molecule has 1 aromatic rings. The summed E-state index contributed by atoms with van der Waals surface area (Å²) in [5.41, 5.74) is 7.35. The predicted octanol–water partition coefficient (Wildman–Crippen LogP) is 2.39. The highest BCUT2D eigenvalue weighted by molar-refractivity contribution is 7.80. The molecule has 1 aromatic carbocycles. The van der Waals surface area contributed by atoms with E-state index in [0.717, 1.165) is 17.5 Å². The van der Waals surface area contributed by atoms with Crippen molar-refractivity contribution in [2.24, 2.45) is 5.73 Å². The number of carbonyl (C=O) groups is 1. The number of nitrogens with zero attached hydrogens (tertiary/aromatic N) is 1. The van der Waals surface area contributed by atoms with Crippen LogP contribution >= 0.6 is 12.2 Å². The molecule has 98 valence electrons. The van der Waals surface area contributed by atoms with Crippen LogP contribution in [0.15, 0.2) is 24.3 Å². The van der Waals surface area contributed by atoms with E-state index in [4.69, 9.17) is 18.0 Å². The maximum absolute atomic E-state index is 12.4. The van der Waals surface area contributed by atoms with E-state index in [-0.39, 0.29) is 11.9 Å². The molecule has 0 spiro atoms. The highest BCUT2D eigenvalue weighted by Gasteiger charge is 2.19. The van der Waals surface area contributed by atoms with Gasteiger partial charge in [0.15, 0.2) is 0 Å². The van der Waals surface area contributed by atoms with Crippen molar-refractivity contribution in [2.45, 2.75) is 32.7 Å². The monoisotopic (exact) mass is 264 g/mol. The summed E-state index contributed by atoms with van der Waals surface area (Å²) in [6, 6.07) is 7.71. The zero-order valence-corrected chi connectivity index (χ0v) is 12.0. The Morgan fingerprint density at radius 3 is 2.61 bits per heavy atom. The first kappa shape index (κ1) is 14.6. The standard InChI is InChI=1S/C14H20N2OS/c1-4-11-7-5-6-8-12(11)14(17)16(3)10(2)9-13(15)18/h5-8,10H,4,9H2,1-3H3,(H2,15,18). The molecule has 3 nitrogen and oxygen atoms in total. The van der Waals surface area contributed by atoms with Gasteiger partial charge in [0.2, 0.25) is 0 Å². The molecule has 0 bridgehead atoms. The molecule has 0 aliphatic carbocycles. The number of hydrogen-bond donors (Lipinski definition) is 1. The molecule has 0 aliphatic heterocycles. The van der Waals surface area contributed by atoms with Gasteiger partial charge in [0.1, 0.15) is 0 Å². The quantitative estimate of drug-likeness (QED) is 0.831. The largest absolute Gasteiger partial charge is 0.393 e. The summed E-state index contributed by atoms with van der Waals surface area (Å²) in [6.45, 7) is 4.00. The minimum absolute atomic E-state index is 0.0138. The lowest BCUT2D eigenvalue weighted by Gasteiger charge is -2.25. The van der Waals surface area contributed by atoms with Gasteiger partial charge in [-0.3, -0.25) is 4.79 Å². The van der Waals surface area contributed by atoms with E-state index in [1.54, 1.807) is 11.9 Å². The number of thiocarbonyl (C=S) groups is 1. The summed E-state index contributed by atoms with van der Waals surface area (Å²) in [5.74, 6) is 0.0243.